The molecule has 0 saturated heterocycles. The molecule has 0 radical (unpaired) electrons. The van der Waals surface area contributed by atoms with E-state index < -0.39 is 17.4 Å². The van der Waals surface area contributed by atoms with Gasteiger partial charge in [-0.3, -0.25) is 19.4 Å². The van der Waals surface area contributed by atoms with Crippen LogP contribution < -0.4 is 16.2 Å². The highest BCUT2D eigenvalue weighted by molar-refractivity contribution is 7.99. The maximum Gasteiger partial charge on any atom is 0.292 e. The summed E-state index contributed by atoms with van der Waals surface area (Å²) in [6, 6.07) is 6.40. The third-order valence-corrected chi connectivity index (χ3v) is 4.76. The molecule has 0 atom stereocenters. The number of furan rings is 1. The van der Waals surface area contributed by atoms with E-state index in [0.717, 1.165) is 0 Å². The van der Waals surface area contributed by atoms with Gasteiger partial charge in [-0.25, -0.2) is 4.98 Å². The molecule has 0 bridgehead atoms. The van der Waals surface area contributed by atoms with Crippen molar-refractivity contribution in [1.29, 1.82) is 0 Å². The molecule has 0 unspecified atom stereocenters. The Labute approximate surface area is 156 Å². The zero-order valence-corrected chi connectivity index (χ0v) is 15.2. The van der Waals surface area contributed by atoms with Crippen molar-refractivity contribution in [2.75, 3.05) is 16.4 Å². The number of amides is 2. The van der Waals surface area contributed by atoms with Gasteiger partial charge in [0.1, 0.15) is 0 Å². The molecule has 3 aromatic heterocycles. The number of thiophene rings is 1. The van der Waals surface area contributed by atoms with Crippen LogP contribution in [0.2, 0.25) is 0 Å². The molecule has 0 aliphatic rings. The number of H-pyrrole nitrogens is 1. The molecule has 10 heteroatoms. The first kappa shape index (κ1) is 18.0. The second kappa shape index (κ2) is 8.02. The third kappa shape index (κ3) is 4.03. The standard InChI is InChI=1S/C16H14N4O4S2/c1-2-25-16-19-12(18-13(21)9-5-3-7-24-9)11(15(23)20-16)17-14(22)10-6-4-8-26-10/h3-8H,2H2,1H3,(H,17,22)(H2,18,19,20,21,23). The van der Waals surface area contributed by atoms with E-state index in [4.69, 9.17) is 4.42 Å². The van der Waals surface area contributed by atoms with Gasteiger partial charge in [-0.15, -0.1) is 11.3 Å². The van der Waals surface area contributed by atoms with Crippen LogP contribution in [-0.2, 0) is 0 Å². The summed E-state index contributed by atoms with van der Waals surface area (Å²) < 4.78 is 5.04. The molecule has 134 valence electrons. The first-order chi connectivity index (χ1) is 12.6. The van der Waals surface area contributed by atoms with E-state index in [1.54, 1.807) is 23.6 Å². The van der Waals surface area contributed by atoms with Crippen molar-refractivity contribution in [1.82, 2.24) is 9.97 Å². The van der Waals surface area contributed by atoms with E-state index in [1.807, 2.05) is 6.92 Å². The van der Waals surface area contributed by atoms with Crippen molar-refractivity contribution in [2.45, 2.75) is 12.1 Å². The number of hydrogen-bond acceptors (Lipinski definition) is 7. The minimum atomic E-state index is -0.577. The number of thioether (sulfide) groups is 1. The summed E-state index contributed by atoms with van der Waals surface area (Å²) in [5.74, 6) is -0.345. The molecular weight excluding hydrogens is 376 g/mol. The van der Waals surface area contributed by atoms with Gasteiger partial charge in [0.15, 0.2) is 22.4 Å². The molecule has 3 rings (SSSR count). The number of hydrogen-bond donors (Lipinski definition) is 3. The van der Waals surface area contributed by atoms with Crippen molar-refractivity contribution in [2.24, 2.45) is 0 Å². The maximum atomic E-state index is 12.4. The molecule has 0 aromatic carbocycles. The van der Waals surface area contributed by atoms with Gasteiger partial charge in [0.05, 0.1) is 11.1 Å². The molecule has 0 fully saturated rings. The Hall–Kier alpha value is -2.85. The van der Waals surface area contributed by atoms with Crippen LogP contribution in [0.25, 0.3) is 0 Å². The average molecular weight is 390 g/mol. The molecule has 3 aromatic rings. The quantitative estimate of drug-likeness (QED) is 0.440. The summed E-state index contributed by atoms with van der Waals surface area (Å²) in [6.07, 6.45) is 1.36. The number of nitrogens with zero attached hydrogens (tertiary/aromatic N) is 1. The van der Waals surface area contributed by atoms with Crippen LogP contribution >= 0.6 is 23.1 Å². The summed E-state index contributed by atoms with van der Waals surface area (Å²) in [5.41, 5.74) is -0.695. The predicted octanol–water partition coefficient (Wildman–Crippen LogP) is 3.04. The van der Waals surface area contributed by atoms with Crippen LogP contribution in [0, 0.1) is 0 Å². The SMILES string of the molecule is CCSc1nc(NC(=O)c2ccco2)c(NC(=O)c2cccs2)c(=O)[nH]1. The van der Waals surface area contributed by atoms with E-state index >= 15 is 0 Å². The van der Waals surface area contributed by atoms with E-state index in [9.17, 15) is 14.4 Å². The van der Waals surface area contributed by atoms with Gasteiger partial charge >= 0.3 is 0 Å². The van der Waals surface area contributed by atoms with Crippen LogP contribution in [0.1, 0.15) is 27.2 Å². The van der Waals surface area contributed by atoms with Crippen molar-refractivity contribution in [3.8, 4) is 0 Å². The Kier molecular flexibility index (Phi) is 5.54. The first-order valence-corrected chi connectivity index (χ1v) is 9.42. The Morgan fingerprint density at radius 1 is 1.27 bits per heavy atom. The molecule has 3 N–H and O–H groups in total. The van der Waals surface area contributed by atoms with Crippen molar-refractivity contribution >= 4 is 46.4 Å². The maximum absolute atomic E-state index is 12.4. The summed E-state index contributed by atoms with van der Waals surface area (Å²) in [5, 5.41) is 7.11. The first-order valence-electron chi connectivity index (χ1n) is 7.55. The molecule has 0 aliphatic carbocycles. The minimum absolute atomic E-state index is 0.0454. The van der Waals surface area contributed by atoms with Crippen molar-refractivity contribution in [3.63, 3.8) is 0 Å². The number of rotatable bonds is 6. The van der Waals surface area contributed by atoms with E-state index in [0.29, 0.717) is 15.8 Å². The topological polar surface area (TPSA) is 117 Å². The number of anilines is 2. The van der Waals surface area contributed by atoms with Crippen LogP contribution in [0.5, 0.6) is 0 Å². The summed E-state index contributed by atoms with van der Waals surface area (Å²) >= 11 is 2.54. The predicted molar refractivity (Wildman–Crippen MR) is 100 cm³/mol. The number of aromatic amines is 1. The third-order valence-electron chi connectivity index (χ3n) is 3.14. The molecule has 0 aliphatic heterocycles. The average Bonchev–Trinajstić information content (AvgIpc) is 3.31. The lowest BCUT2D eigenvalue weighted by atomic mass is 10.3. The number of aromatic nitrogens is 2. The second-order valence-corrected chi connectivity index (χ2v) is 7.09. The van der Waals surface area contributed by atoms with E-state index in [1.165, 1.54) is 35.4 Å². The fraction of sp³-hybridized carbons (Fsp3) is 0.125. The van der Waals surface area contributed by atoms with Gasteiger partial charge < -0.3 is 15.1 Å². The molecule has 3 heterocycles. The van der Waals surface area contributed by atoms with Crippen LogP contribution in [0.3, 0.4) is 0 Å². The van der Waals surface area contributed by atoms with Gasteiger partial charge in [0.2, 0.25) is 0 Å². The lowest BCUT2D eigenvalue weighted by Gasteiger charge is -2.11. The molecule has 0 spiro atoms. The molecule has 2 amide bonds. The van der Waals surface area contributed by atoms with Crippen LogP contribution in [0.15, 0.2) is 50.3 Å². The Morgan fingerprint density at radius 3 is 2.77 bits per heavy atom. The van der Waals surface area contributed by atoms with Gasteiger partial charge in [-0.1, -0.05) is 24.8 Å². The summed E-state index contributed by atoms with van der Waals surface area (Å²) in [6.45, 7) is 1.90. The molecule has 26 heavy (non-hydrogen) atoms. The highest BCUT2D eigenvalue weighted by Crippen LogP contribution is 2.21. The second-order valence-electron chi connectivity index (χ2n) is 4.89. The Bertz CT molecular complexity index is 965. The number of carbonyl (C=O) groups excluding carboxylic acids is 2. The molecule has 0 saturated carbocycles. The van der Waals surface area contributed by atoms with E-state index in [2.05, 4.69) is 20.6 Å². The minimum Gasteiger partial charge on any atom is -0.459 e. The normalized spacial score (nSPS) is 10.5. The van der Waals surface area contributed by atoms with Gasteiger partial charge in [0, 0.05) is 0 Å². The van der Waals surface area contributed by atoms with Crippen molar-refractivity contribution < 1.29 is 14.0 Å². The molecular formula is C16H14N4O4S2. The zero-order chi connectivity index (χ0) is 18.5. The zero-order valence-electron chi connectivity index (χ0n) is 13.6. The lowest BCUT2D eigenvalue weighted by molar-refractivity contribution is 0.0993. The van der Waals surface area contributed by atoms with Gasteiger partial charge in [0.25, 0.3) is 17.4 Å². The van der Waals surface area contributed by atoms with E-state index in [-0.39, 0.29) is 17.3 Å². The number of carbonyl (C=O) groups is 2. The van der Waals surface area contributed by atoms with Gasteiger partial charge in [-0.05, 0) is 29.3 Å². The summed E-state index contributed by atoms with van der Waals surface area (Å²) in [7, 11) is 0. The van der Waals surface area contributed by atoms with Gasteiger partial charge in [-0.2, -0.15) is 0 Å². The van der Waals surface area contributed by atoms with Crippen LogP contribution in [0.4, 0.5) is 11.5 Å². The Morgan fingerprint density at radius 2 is 2.12 bits per heavy atom. The highest BCUT2D eigenvalue weighted by Gasteiger charge is 2.19. The monoisotopic (exact) mass is 390 g/mol. The molecule has 8 nitrogen and oxygen atoms in total. The highest BCUT2D eigenvalue weighted by atomic mass is 32.2. The summed E-state index contributed by atoms with van der Waals surface area (Å²) in [4.78, 5) is 44.2. The number of nitrogens with one attached hydrogen (secondary N) is 3. The largest absolute Gasteiger partial charge is 0.459 e. The fourth-order valence-corrected chi connectivity index (χ4v) is 3.24. The fourth-order valence-electron chi connectivity index (χ4n) is 2.02. The lowest BCUT2D eigenvalue weighted by Crippen LogP contribution is -2.24. The Balaban J connectivity index is 1.94. The van der Waals surface area contributed by atoms with Crippen LogP contribution in [-0.4, -0.2) is 27.5 Å². The van der Waals surface area contributed by atoms with Crippen molar-refractivity contribution in [3.05, 3.63) is 56.9 Å². The smallest absolute Gasteiger partial charge is 0.292 e.